The van der Waals surface area contributed by atoms with E-state index in [9.17, 15) is 0 Å². The molecule has 0 fully saturated rings. The summed E-state index contributed by atoms with van der Waals surface area (Å²) in [6.07, 6.45) is 9.49. The maximum atomic E-state index is 2.41. The third-order valence-corrected chi connectivity index (χ3v) is 7.01. The van der Waals surface area contributed by atoms with Crippen LogP contribution < -0.4 is 0 Å². The summed E-state index contributed by atoms with van der Waals surface area (Å²) >= 11 is 0. The van der Waals surface area contributed by atoms with Crippen molar-refractivity contribution in [2.24, 2.45) is 0 Å². The van der Waals surface area contributed by atoms with Crippen molar-refractivity contribution < 1.29 is 0 Å². The van der Waals surface area contributed by atoms with Gasteiger partial charge in [0.25, 0.3) is 0 Å². The first kappa shape index (κ1) is 19.9. The number of aryl methyl sites for hydroxylation is 5. The molecule has 0 atom stereocenters. The Balaban J connectivity index is 0.000000172. The third kappa shape index (κ3) is 4.59. The van der Waals surface area contributed by atoms with Gasteiger partial charge in [-0.05, 0) is 21.3 Å². The zero-order chi connectivity index (χ0) is 16.4. The van der Waals surface area contributed by atoms with E-state index in [-0.39, 0.29) is 31.5 Å². The van der Waals surface area contributed by atoms with Crippen molar-refractivity contribution in [3.05, 3.63) is 57.6 Å². The van der Waals surface area contributed by atoms with Crippen molar-refractivity contribution in [3.63, 3.8) is 0 Å². The largest absolute Gasteiger partial charge is 2.00 e. The van der Waals surface area contributed by atoms with Crippen molar-refractivity contribution in [3.8, 4) is 0 Å². The van der Waals surface area contributed by atoms with E-state index < -0.39 is 0 Å². The van der Waals surface area contributed by atoms with E-state index in [1.54, 1.807) is 27.4 Å². The normalized spacial score (nSPS) is 15.6. The molecule has 0 saturated carbocycles. The Morgan fingerprint density at radius 1 is 0.792 bits per heavy atom. The molecule has 2 aliphatic rings. The van der Waals surface area contributed by atoms with Crippen LogP contribution in [0.4, 0.5) is 0 Å². The first-order valence-electron chi connectivity index (χ1n) is 9.22. The van der Waals surface area contributed by atoms with Crippen LogP contribution in [0.15, 0.2) is 24.3 Å². The van der Waals surface area contributed by atoms with E-state index >= 15 is 0 Å². The molecule has 2 aliphatic carbocycles. The molecule has 0 saturated heterocycles. The van der Waals surface area contributed by atoms with Crippen LogP contribution in [0.2, 0.25) is 13.1 Å². The zero-order valence-electron chi connectivity index (χ0n) is 16.0. The molecule has 4 rings (SSSR count). The average molecular weight is 347 g/mol. The van der Waals surface area contributed by atoms with E-state index in [2.05, 4.69) is 51.2 Å². The molecule has 0 radical (unpaired) electrons. The molecule has 0 unspecified atom stereocenters. The van der Waals surface area contributed by atoms with Crippen LogP contribution in [0, 0.1) is 13.8 Å². The first-order chi connectivity index (χ1) is 11.0. The zero-order valence-corrected chi connectivity index (χ0v) is 18.4. The van der Waals surface area contributed by atoms with Gasteiger partial charge in [-0.3, -0.25) is 0 Å². The summed E-state index contributed by atoms with van der Waals surface area (Å²) in [6, 6.07) is 9.45. The van der Waals surface area contributed by atoms with Gasteiger partial charge in [-0.1, -0.05) is 59.0 Å². The minimum atomic E-state index is -0.217. The van der Waals surface area contributed by atoms with Gasteiger partial charge in [0.05, 0.1) is 0 Å². The fraction of sp³-hybridized carbons (Fsp3) is 0.500. The maximum Gasteiger partial charge on any atom is 2.00 e. The SMILES string of the molecule is Cc1cc2c([cH-]1)CCCC2.Cc1cc2c([cH-]1)CCCC2=[Si](C)C.[Mg+2]. The van der Waals surface area contributed by atoms with Gasteiger partial charge in [-0.2, -0.15) is 45.5 Å². The average Bonchev–Trinajstić information content (AvgIpc) is 3.07. The Bertz CT molecular complexity index is 687. The molecule has 0 N–H and O–H groups in total. The van der Waals surface area contributed by atoms with E-state index in [1.807, 2.05) is 0 Å². The topological polar surface area (TPSA) is 0 Å². The second-order valence-corrected chi connectivity index (χ2v) is 10.2. The van der Waals surface area contributed by atoms with Gasteiger partial charge in [0.1, 0.15) is 0 Å². The molecule has 124 valence electrons. The minimum absolute atomic E-state index is 0. The predicted octanol–water partition coefficient (Wildman–Crippen LogP) is 5.12. The molecule has 0 bridgehead atoms. The van der Waals surface area contributed by atoms with Gasteiger partial charge in [0, 0.05) is 0 Å². The molecule has 0 aliphatic heterocycles. The van der Waals surface area contributed by atoms with Crippen molar-refractivity contribution in [1.82, 2.24) is 0 Å². The maximum absolute atomic E-state index is 2.41. The molecule has 0 nitrogen and oxygen atoms in total. The van der Waals surface area contributed by atoms with Gasteiger partial charge < -0.3 is 0 Å². The molecule has 2 heteroatoms. The van der Waals surface area contributed by atoms with Gasteiger partial charge >= 0.3 is 23.1 Å². The van der Waals surface area contributed by atoms with Crippen molar-refractivity contribution >= 4 is 36.6 Å². The summed E-state index contributed by atoms with van der Waals surface area (Å²) in [5, 5.41) is 1.78. The quantitative estimate of drug-likeness (QED) is 0.459. The number of rotatable bonds is 0. The third-order valence-electron chi connectivity index (χ3n) is 5.28. The number of hydrogen-bond donors (Lipinski definition) is 0. The Hall–Kier alpha value is -0.447. The summed E-state index contributed by atoms with van der Waals surface area (Å²) in [6.45, 7) is 9.24. The van der Waals surface area contributed by atoms with Crippen LogP contribution in [-0.4, -0.2) is 36.6 Å². The Labute approximate surface area is 165 Å². The Kier molecular flexibility index (Phi) is 7.27. The number of fused-ring (bicyclic) bond motifs is 2. The summed E-state index contributed by atoms with van der Waals surface area (Å²) in [7, 11) is -0.217. The molecule has 0 spiro atoms. The van der Waals surface area contributed by atoms with Crippen LogP contribution in [0.25, 0.3) is 0 Å². The van der Waals surface area contributed by atoms with Crippen molar-refractivity contribution in [1.29, 1.82) is 0 Å². The summed E-state index contributed by atoms with van der Waals surface area (Å²) in [5.41, 5.74) is 9.36. The second kappa shape index (κ2) is 8.78. The van der Waals surface area contributed by atoms with Crippen molar-refractivity contribution in [2.45, 2.75) is 71.9 Å². The van der Waals surface area contributed by atoms with Gasteiger partial charge in [0.15, 0.2) is 0 Å². The van der Waals surface area contributed by atoms with Crippen LogP contribution in [0.1, 0.15) is 59.1 Å². The molecular formula is C22H30MgSi. The van der Waals surface area contributed by atoms with Crippen LogP contribution in [-0.2, 0) is 19.3 Å². The fourth-order valence-corrected chi connectivity index (χ4v) is 5.63. The van der Waals surface area contributed by atoms with Gasteiger partial charge in [0.2, 0.25) is 0 Å². The first-order valence-corrected chi connectivity index (χ1v) is 11.7. The fourth-order valence-electron chi connectivity index (χ4n) is 4.19. The minimum Gasteiger partial charge on any atom is -0.207 e. The molecule has 24 heavy (non-hydrogen) atoms. The smallest absolute Gasteiger partial charge is 0.207 e. The van der Waals surface area contributed by atoms with Crippen LogP contribution in [0.3, 0.4) is 0 Å². The van der Waals surface area contributed by atoms with E-state index in [1.165, 1.54) is 56.1 Å². The van der Waals surface area contributed by atoms with E-state index in [0.717, 1.165) is 0 Å². The number of hydrogen-bond acceptors (Lipinski definition) is 0. The van der Waals surface area contributed by atoms with E-state index in [4.69, 9.17) is 0 Å². The van der Waals surface area contributed by atoms with Crippen LogP contribution >= 0.6 is 0 Å². The summed E-state index contributed by atoms with van der Waals surface area (Å²) in [4.78, 5) is 0. The standard InChI is InChI=1S/C12H17Si.C10H13.Mg/c1-9-7-10-5-4-6-12(13(2)3)11(10)8-9;1-8-6-9-4-2-3-5-10(9)7-8;/h7-8H,4-6H2,1-3H3;6-7H,2-5H2,1H3;/q2*-1;+2. The second-order valence-electron chi connectivity index (χ2n) is 7.59. The summed E-state index contributed by atoms with van der Waals surface area (Å²) in [5.74, 6) is 0. The molecule has 0 amide bonds. The van der Waals surface area contributed by atoms with E-state index in [0.29, 0.717) is 0 Å². The van der Waals surface area contributed by atoms with Crippen molar-refractivity contribution in [2.75, 3.05) is 0 Å². The summed E-state index contributed by atoms with van der Waals surface area (Å²) < 4.78 is 0. The molecule has 2 aromatic rings. The molecule has 2 aromatic carbocycles. The van der Waals surface area contributed by atoms with Gasteiger partial charge in [-0.25, -0.2) is 12.1 Å². The van der Waals surface area contributed by atoms with Gasteiger partial charge in [-0.15, -0.1) is 5.17 Å². The molecule has 0 heterocycles. The monoisotopic (exact) mass is 346 g/mol. The Morgan fingerprint density at radius 3 is 2.12 bits per heavy atom. The molecular weight excluding hydrogens is 317 g/mol. The Morgan fingerprint density at radius 2 is 1.42 bits per heavy atom. The van der Waals surface area contributed by atoms with Crippen LogP contribution in [0.5, 0.6) is 0 Å². The predicted molar refractivity (Wildman–Crippen MR) is 110 cm³/mol. The molecule has 0 aromatic heterocycles.